The molecule has 0 bridgehead atoms. The van der Waals surface area contributed by atoms with Crippen molar-refractivity contribution in [3.63, 3.8) is 0 Å². The van der Waals surface area contributed by atoms with Crippen molar-refractivity contribution in [2.75, 3.05) is 11.5 Å². The van der Waals surface area contributed by atoms with Crippen molar-refractivity contribution in [1.29, 1.82) is 0 Å². The van der Waals surface area contributed by atoms with E-state index in [0.717, 1.165) is 6.07 Å². The Kier molecular flexibility index (Phi) is 3.99. The molecule has 0 amide bonds. The van der Waals surface area contributed by atoms with E-state index in [4.69, 9.17) is 16.2 Å². The predicted molar refractivity (Wildman–Crippen MR) is 76.4 cm³/mol. The van der Waals surface area contributed by atoms with E-state index in [9.17, 15) is 18.0 Å². The Morgan fingerprint density at radius 1 is 1.05 bits per heavy atom. The Morgan fingerprint density at radius 3 is 2.23 bits per heavy atom. The fraction of sp³-hybridized carbons (Fsp3) is 0.133. The Labute approximate surface area is 124 Å². The third-order valence-corrected chi connectivity index (χ3v) is 2.97. The van der Waals surface area contributed by atoms with Crippen molar-refractivity contribution in [1.82, 2.24) is 0 Å². The zero-order valence-electron chi connectivity index (χ0n) is 11.6. The molecule has 0 unspecified atom stereocenters. The van der Waals surface area contributed by atoms with Crippen LogP contribution in [-0.4, -0.2) is 5.97 Å². The van der Waals surface area contributed by atoms with Crippen LogP contribution in [-0.2, 0) is 6.18 Å². The average molecular weight is 310 g/mol. The lowest BCUT2D eigenvalue weighted by atomic mass is 10.1. The number of rotatable bonds is 2. The van der Waals surface area contributed by atoms with E-state index in [1.54, 1.807) is 13.0 Å². The van der Waals surface area contributed by atoms with Gasteiger partial charge < -0.3 is 16.2 Å². The molecule has 0 aliphatic heterocycles. The van der Waals surface area contributed by atoms with Gasteiger partial charge in [0.15, 0.2) is 0 Å². The summed E-state index contributed by atoms with van der Waals surface area (Å²) < 4.78 is 44.0. The van der Waals surface area contributed by atoms with Crippen LogP contribution in [0.25, 0.3) is 0 Å². The van der Waals surface area contributed by atoms with E-state index in [1.807, 2.05) is 0 Å². The van der Waals surface area contributed by atoms with Crippen LogP contribution in [0.5, 0.6) is 5.75 Å². The smallest absolute Gasteiger partial charge is 0.417 e. The van der Waals surface area contributed by atoms with Gasteiger partial charge in [0.25, 0.3) is 0 Å². The van der Waals surface area contributed by atoms with Gasteiger partial charge in [0.05, 0.1) is 11.1 Å². The molecule has 0 aliphatic carbocycles. The van der Waals surface area contributed by atoms with E-state index < -0.39 is 23.3 Å². The number of benzene rings is 2. The minimum Gasteiger partial charge on any atom is -0.423 e. The minimum atomic E-state index is -4.71. The zero-order valence-corrected chi connectivity index (χ0v) is 11.6. The molecule has 0 aromatic heterocycles. The monoisotopic (exact) mass is 310 g/mol. The summed E-state index contributed by atoms with van der Waals surface area (Å²) in [5.41, 5.74) is 10.1. The first-order chi connectivity index (χ1) is 10.2. The molecule has 4 nitrogen and oxygen atoms in total. The van der Waals surface area contributed by atoms with E-state index in [1.165, 1.54) is 18.2 Å². The van der Waals surface area contributed by atoms with Gasteiger partial charge in [0.2, 0.25) is 0 Å². The summed E-state index contributed by atoms with van der Waals surface area (Å²) >= 11 is 0. The number of carbonyl (C=O) groups is 1. The number of halogens is 3. The third-order valence-electron chi connectivity index (χ3n) is 2.97. The average Bonchev–Trinajstić information content (AvgIpc) is 2.40. The highest BCUT2D eigenvalue weighted by atomic mass is 19.4. The Morgan fingerprint density at radius 2 is 1.64 bits per heavy atom. The molecular formula is C15H13F3N2O2. The zero-order chi connectivity index (χ0) is 16.5. The largest absolute Gasteiger partial charge is 0.423 e. The molecule has 0 atom stereocenters. The first-order valence-corrected chi connectivity index (χ1v) is 6.23. The maximum Gasteiger partial charge on any atom is 0.417 e. The molecule has 0 heterocycles. The van der Waals surface area contributed by atoms with Crippen LogP contribution in [0.2, 0.25) is 0 Å². The molecule has 2 rings (SSSR count). The van der Waals surface area contributed by atoms with Crippen LogP contribution in [0.15, 0.2) is 36.4 Å². The molecule has 0 saturated carbocycles. The van der Waals surface area contributed by atoms with Gasteiger partial charge >= 0.3 is 12.1 Å². The summed E-state index contributed by atoms with van der Waals surface area (Å²) in [5.74, 6) is -0.968. The fourth-order valence-corrected chi connectivity index (χ4v) is 1.92. The molecule has 0 saturated heterocycles. The van der Waals surface area contributed by atoms with Crippen LogP contribution in [0.1, 0.15) is 21.5 Å². The van der Waals surface area contributed by atoms with Crippen molar-refractivity contribution >= 4 is 17.3 Å². The number of hydrogen-bond donors (Lipinski definition) is 2. The molecule has 7 heteroatoms. The summed E-state index contributed by atoms with van der Waals surface area (Å²) in [4.78, 5) is 12.0. The summed E-state index contributed by atoms with van der Waals surface area (Å²) in [5, 5.41) is 0. The standard InChI is InChI=1S/C15H13F3N2O2/c1-8-6-9(19)3-5-13(8)22-14(21)11-4-2-10(20)7-12(11)15(16,17)18/h2-7H,19-20H2,1H3. The van der Waals surface area contributed by atoms with Gasteiger partial charge in [0.1, 0.15) is 5.75 Å². The van der Waals surface area contributed by atoms with E-state index >= 15 is 0 Å². The molecule has 116 valence electrons. The van der Waals surface area contributed by atoms with E-state index in [-0.39, 0.29) is 11.4 Å². The SMILES string of the molecule is Cc1cc(N)ccc1OC(=O)c1ccc(N)cc1C(F)(F)F. The fourth-order valence-electron chi connectivity index (χ4n) is 1.92. The van der Waals surface area contributed by atoms with Crippen molar-refractivity contribution in [3.05, 3.63) is 53.1 Å². The van der Waals surface area contributed by atoms with Crippen LogP contribution >= 0.6 is 0 Å². The Hall–Kier alpha value is -2.70. The summed E-state index contributed by atoms with van der Waals surface area (Å²) in [6.07, 6.45) is -4.71. The highest BCUT2D eigenvalue weighted by Crippen LogP contribution is 2.34. The van der Waals surface area contributed by atoms with Crippen LogP contribution in [0.4, 0.5) is 24.5 Å². The molecular weight excluding hydrogens is 297 g/mol. The third kappa shape index (κ3) is 3.30. The second-order valence-corrected chi connectivity index (χ2v) is 4.72. The molecule has 2 aromatic carbocycles. The number of carbonyl (C=O) groups excluding carboxylic acids is 1. The minimum absolute atomic E-state index is 0.0902. The van der Waals surface area contributed by atoms with Gasteiger partial charge in [-0.15, -0.1) is 0 Å². The number of anilines is 2. The lowest BCUT2D eigenvalue weighted by Gasteiger charge is -2.14. The number of esters is 1. The molecule has 22 heavy (non-hydrogen) atoms. The number of alkyl halides is 3. The quantitative estimate of drug-likeness (QED) is 0.506. The van der Waals surface area contributed by atoms with Gasteiger partial charge in [-0.05, 0) is 48.9 Å². The van der Waals surface area contributed by atoms with Gasteiger partial charge in [-0.25, -0.2) is 4.79 Å². The molecule has 4 N–H and O–H groups in total. The van der Waals surface area contributed by atoms with Crippen LogP contribution < -0.4 is 16.2 Å². The number of nitrogens with two attached hydrogens (primary N) is 2. The van der Waals surface area contributed by atoms with Gasteiger partial charge in [-0.1, -0.05) is 0 Å². The number of aryl methyl sites for hydroxylation is 1. The molecule has 0 radical (unpaired) electrons. The first-order valence-electron chi connectivity index (χ1n) is 6.23. The lowest BCUT2D eigenvalue weighted by Crippen LogP contribution is -2.17. The number of ether oxygens (including phenoxy) is 1. The highest BCUT2D eigenvalue weighted by Gasteiger charge is 2.36. The lowest BCUT2D eigenvalue weighted by molar-refractivity contribution is -0.138. The van der Waals surface area contributed by atoms with Gasteiger partial charge in [0, 0.05) is 11.4 Å². The second kappa shape index (κ2) is 5.59. The Balaban J connectivity index is 2.38. The van der Waals surface area contributed by atoms with Crippen molar-refractivity contribution < 1.29 is 22.7 Å². The maximum absolute atomic E-state index is 13.0. The van der Waals surface area contributed by atoms with Crippen molar-refractivity contribution in [3.8, 4) is 5.75 Å². The van der Waals surface area contributed by atoms with Gasteiger partial charge in [-0.3, -0.25) is 0 Å². The van der Waals surface area contributed by atoms with E-state index in [0.29, 0.717) is 17.3 Å². The predicted octanol–water partition coefficient (Wildman–Crippen LogP) is 3.40. The topological polar surface area (TPSA) is 78.3 Å². The number of nitrogen functional groups attached to an aromatic ring is 2. The molecule has 0 spiro atoms. The Bertz CT molecular complexity index is 727. The first kappa shape index (κ1) is 15.7. The molecule has 0 aliphatic rings. The van der Waals surface area contributed by atoms with E-state index in [2.05, 4.69) is 0 Å². The molecule has 2 aromatic rings. The summed E-state index contributed by atoms with van der Waals surface area (Å²) in [7, 11) is 0. The number of hydrogen-bond acceptors (Lipinski definition) is 4. The van der Waals surface area contributed by atoms with Crippen LogP contribution in [0.3, 0.4) is 0 Å². The summed E-state index contributed by atoms with van der Waals surface area (Å²) in [6.45, 7) is 1.63. The van der Waals surface area contributed by atoms with Crippen LogP contribution in [0, 0.1) is 6.92 Å². The maximum atomic E-state index is 13.0. The summed E-state index contributed by atoms with van der Waals surface area (Å²) in [6, 6.07) is 7.37. The highest BCUT2D eigenvalue weighted by molar-refractivity contribution is 5.93. The van der Waals surface area contributed by atoms with Gasteiger partial charge in [-0.2, -0.15) is 13.2 Å². The van der Waals surface area contributed by atoms with Crippen molar-refractivity contribution in [2.45, 2.75) is 13.1 Å². The van der Waals surface area contributed by atoms with Crippen molar-refractivity contribution in [2.24, 2.45) is 0 Å². The normalized spacial score (nSPS) is 11.3. The second-order valence-electron chi connectivity index (χ2n) is 4.72. The molecule has 0 fully saturated rings.